The fourth-order valence-corrected chi connectivity index (χ4v) is 3.60. The third-order valence-corrected chi connectivity index (χ3v) is 5.20. The topological polar surface area (TPSA) is 76.9 Å². The van der Waals surface area contributed by atoms with Crippen LogP contribution in [0.4, 0.5) is 5.69 Å². The van der Waals surface area contributed by atoms with Gasteiger partial charge in [-0.2, -0.15) is 0 Å². The molecule has 0 aliphatic rings. The number of hydrogen-bond donors (Lipinski definition) is 1. The Labute approximate surface area is 184 Å². The maximum absolute atomic E-state index is 13.3. The first-order chi connectivity index (χ1) is 15.0. The smallest absolute Gasteiger partial charge is 0.261 e. The lowest BCUT2D eigenvalue weighted by atomic mass is 10.0. The molecule has 7 heteroatoms. The highest BCUT2D eigenvalue weighted by Crippen LogP contribution is 2.26. The lowest BCUT2D eigenvalue weighted by Crippen LogP contribution is -2.27. The summed E-state index contributed by atoms with van der Waals surface area (Å²) in [7, 11) is 0. The number of nitrogens with one attached hydrogen (secondary N) is 1. The molecule has 6 nitrogen and oxygen atoms in total. The van der Waals surface area contributed by atoms with E-state index in [1.807, 2.05) is 29.7 Å². The van der Waals surface area contributed by atoms with E-state index in [4.69, 9.17) is 11.6 Å². The predicted octanol–water partition coefficient (Wildman–Crippen LogP) is 4.57. The molecule has 0 bridgehead atoms. The number of rotatable bonds is 5. The van der Waals surface area contributed by atoms with Crippen LogP contribution in [0.25, 0.3) is 11.3 Å². The van der Waals surface area contributed by atoms with Crippen LogP contribution < -0.4 is 10.7 Å². The van der Waals surface area contributed by atoms with Crippen LogP contribution in [0, 0.1) is 6.92 Å². The molecule has 4 rings (SSSR count). The molecule has 1 amide bonds. The van der Waals surface area contributed by atoms with Crippen molar-refractivity contribution in [2.45, 2.75) is 13.5 Å². The molecule has 0 saturated carbocycles. The van der Waals surface area contributed by atoms with E-state index in [1.165, 1.54) is 6.07 Å². The van der Waals surface area contributed by atoms with Gasteiger partial charge in [-0.25, -0.2) is 0 Å². The van der Waals surface area contributed by atoms with E-state index in [0.29, 0.717) is 28.5 Å². The Morgan fingerprint density at radius 1 is 1.03 bits per heavy atom. The summed E-state index contributed by atoms with van der Waals surface area (Å²) in [5.74, 6) is -0.531. The Balaban J connectivity index is 1.90. The van der Waals surface area contributed by atoms with Gasteiger partial charge in [0.1, 0.15) is 5.56 Å². The molecule has 0 unspecified atom stereocenters. The van der Waals surface area contributed by atoms with Gasteiger partial charge in [0.05, 0.1) is 16.4 Å². The number of anilines is 1. The third kappa shape index (κ3) is 4.39. The Kier molecular flexibility index (Phi) is 5.91. The van der Waals surface area contributed by atoms with E-state index >= 15 is 0 Å². The molecule has 0 spiro atoms. The molecule has 31 heavy (non-hydrogen) atoms. The number of halogens is 1. The third-order valence-electron chi connectivity index (χ3n) is 4.87. The molecule has 3 heterocycles. The Morgan fingerprint density at radius 2 is 1.77 bits per heavy atom. The van der Waals surface area contributed by atoms with E-state index in [0.717, 1.165) is 11.3 Å². The zero-order valence-electron chi connectivity index (χ0n) is 16.7. The van der Waals surface area contributed by atoms with Crippen molar-refractivity contribution in [2.75, 3.05) is 5.32 Å². The molecule has 0 aliphatic heterocycles. The second-order valence-corrected chi connectivity index (χ2v) is 7.40. The summed E-state index contributed by atoms with van der Waals surface area (Å²) in [5.41, 5.74) is 2.91. The van der Waals surface area contributed by atoms with Crippen molar-refractivity contribution in [3.8, 4) is 11.3 Å². The first-order valence-corrected chi connectivity index (χ1v) is 10.0. The summed E-state index contributed by atoms with van der Waals surface area (Å²) in [5, 5.41) is 3.16. The number of carbonyl (C=O) groups is 1. The first kappa shape index (κ1) is 20.5. The predicted molar refractivity (Wildman–Crippen MR) is 121 cm³/mol. The van der Waals surface area contributed by atoms with E-state index in [2.05, 4.69) is 15.3 Å². The van der Waals surface area contributed by atoms with Crippen LogP contribution in [0.15, 0.2) is 84.2 Å². The number of aryl methyl sites for hydroxylation is 1. The minimum atomic E-state index is -0.531. The molecule has 0 fully saturated rings. The van der Waals surface area contributed by atoms with Crippen molar-refractivity contribution < 1.29 is 4.79 Å². The lowest BCUT2D eigenvalue weighted by Gasteiger charge is -2.20. The summed E-state index contributed by atoms with van der Waals surface area (Å²) in [6, 6.07) is 15.8. The van der Waals surface area contributed by atoms with Gasteiger partial charge in [-0.3, -0.25) is 19.6 Å². The van der Waals surface area contributed by atoms with Gasteiger partial charge in [-0.1, -0.05) is 29.8 Å². The zero-order valence-corrected chi connectivity index (χ0v) is 17.5. The van der Waals surface area contributed by atoms with E-state index in [1.54, 1.807) is 55.1 Å². The van der Waals surface area contributed by atoms with Gasteiger partial charge in [0, 0.05) is 48.7 Å². The standard InChI is InChI=1S/C24H19ClN4O2/c1-16-12-21(30)22(24(31)28-20-9-3-2-8-19(20)25)23(18-7-5-11-27-14-18)29(16)15-17-6-4-10-26-13-17/h2-14H,15H2,1H3,(H,28,31). The minimum Gasteiger partial charge on any atom is -0.339 e. The number of aromatic nitrogens is 3. The molecule has 3 aromatic heterocycles. The average molecular weight is 431 g/mol. The van der Waals surface area contributed by atoms with Crippen molar-refractivity contribution in [3.05, 3.63) is 111 Å². The number of benzene rings is 1. The summed E-state index contributed by atoms with van der Waals surface area (Å²) in [4.78, 5) is 34.7. The molecule has 4 aromatic rings. The zero-order chi connectivity index (χ0) is 21.8. The summed E-state index contributed by atoms with van der Waals surface area (Å²) < 4.78 is 1.93. The average Bonchev–Trinajstić information content (AvgIpc) is 2.78. The number of pyridine rings is 3. The van der Waals surface area contributed by atoms with Gasteiger partial charge in [0.15, 0.2) is 5.43 Å². The van der Waals surface area contributed by atoms with Crippen molar-refractivity contribution in [3.63, 3.8) is 0 Å². The fourth-order valence-electron chi connectivity index (χ4n) is 3.42. The highest BCUT2D eigenvalue weighted by Gasteiger charge is 2.22. The molecule has 0 radical (unpaired) electrons. The number of para-hydroxylation sites is 1. The summed E-state index contributed by atoms with van der Waals surface area (Å²) in [6.45, 7) is 2.28. The molecule has 154 valence electrons. The van der Waals surface area contributed by atoms with Gasteiger partial charge in [-0.15, -0.1) is 0 Å². The lowest BCUT2D eigenvalue weighted by molar-refractivity contribution is 0.102. The molecule has 1 aromatic carbocycles. The van der Waals surface area contributed by atoms with Crippen LogP contribution in [0.1, 0.15) is 21.6 Å². The minimum absolute atomic E-state index is 0.0300. The van der Waals surface area contributed by atoms with Crippen molar-refractivity contribution in [1.82, 2.24) is 14.5 Å². The van der Waals surface area contributed by atoms with Gasteiger partial charge >= 0.3 is 0 Å². The van der Waals surface area contributed by atoms with Crippen molar-refractivity contribution >= 4 is 23.2 Å². The monoisotopic (exact) mass is 430 g/mol. The second-order valence-electron chi connectivity index (χ2n) is 7.00. The van der Waals surface area contributed by atoms with E-state index in [-0.39, 0.29) is 11.0 Å². The SMILES string of the molecule is Cc1cc(=O)c(C(=O)Nc2ccccc2Cl)c(-c2cccnc2)n1Cc1cccnc1. The van der Waals surface area contributed by atoms with Crippen LogP contribution in [-0.2, 0) is 6.54 Å². The Bertz CT molecular complexity index is 1290. The second kappa shape index (κ2) is 8.93. The first-order valence-electron chi connectivity index (χ1n) is 9.64. The van der Waals surface area contributed by atoms with Crippen LogP contribution >= 0.6 is 11.6 Å². The van der Waals surface area contributed by atoms with Gasteiger partial charge in [0.25, 0.3) is 5.91 Å². The molecular formula is C24H19ClN4O2. The van der Waals surface area contributed by atoms with E-state index in [9.17, 15) is 9.59 Å². The van der Waals surface area contributed by atoms with Crippen molar-refractivity contribution in [1.29, 1.82) is 0 Å². The number of hydrogen-bond acceptors (Lipinski definition) is 4. The van der Waals surface area contributed by atoms with Gasteiger partial charge in [0.2, 0.25) is 0 Å². The molecule has 0 saturated heterocycles. The van der Waals surface area contributed by atoms with E-state index < -0.39 is 5.91 Å². The summed E-state index contributed by atoms with van der Waals surface area (Å²) >= 11 is 6.20. The van der Waals surface area contributed by atoms with Crippen LogP contribution in [0.3, 0.4) is 0 Å². The van der Waals surface area contributed by atoms with Crippen molar-refractivity contribution in [2.24, 2.45) is 0 Å². The maximum Gasteiger partial charge on any atom is 0.261 e. The molecule has 0 aliphatic carbocycles. The quantitative estimate of drug-likeness (QED) is 0.503. The van der Waals surface area contributed by atoms with Gasteiger partial charge in [-0.05, 0) is 42.8 Å². The Hall–Kier alpha value is -3.77. The largest absolute Gasteiger partial charge is 0.339 e. The van der Waals surface area contributed by atoms with Crippen LogP contribution in [-0.4, -0.2) is 20.4 Å². The summed E-state index contributed by atoms with van der Waals surface area (Å²) in [6.07, 6.45) is 6.74. The van der Waals surface area contributed by atoms with Crippen LogP contribution in [0.2, 0.25) is 5.02 Å². The highest BCUT2D eigenvalue weighted by atomic mass is 35.5. The maximum atomic E-state index is 13.3. The number of amides is 1. The Morgan fingerprint density at radius 3 is 2.45 bits per heavy atom. The molecule has 0 atom stereocenters. The molecular weight excluding hydrogens is 412 g/mol. The number of nitrogens with zero attached hydrogens (tertiary/aromatic N) is 3. The van der Waals surface area contributed by atoms with Crippen LogP contribution in [0.5, 0.6) is 0 Å². The molecule has 1 N–H and O–H groups in total. The van der Waals surface area contributed by atoms with Gasteiger partial charge < -0.3 is 9.88 Å². The number of carbonyl (C=O) groups excluding carboxylic acids is 1. The normalized spacial score (nSPS) is 10.6. The fraction of sp³-hybridized carbons (Fsp3) is 0.0833. The highest BCUT2D eigenvalue weighted by molar-refractivity contribution is 6.34.